The van der Waals surface area contributed by atoms with Crippen LogP contribution in [0.5, 0.6) is 0 Å². The van der Waals surface area contributed by atoms with E-state index in [1.165, 1.54) is 0 Å². The molecule has 0 aromatic carbocycles. The lowest BCUT2D eigenvalue weighted by molar-refractivity contribution is 0.992. The van der Waals surface area contributed by atoms with E-state index in [0.29, 0.717) is 5.69 Å². The van der Waals surface area contributed by atoms with Gasteiger partial charge in [-0.1, -0.05) is 6.92 Å². The molecule has 82 valence electrons. The summed E-state index contributed by atoms with van der Waals surface area (Å²) in [7, 11) is 0. The number of hydrogen-bond acceptors (Lipinski definition) is 4. The lowest BCUT2D eigenvalue weighted by Crippen LogP contribution is -2.13. The summed E-state index contributed by atoms with van der Waals surface area (Å²) in [5.41, 5.74) is 8.03. The van der Waals surface area contributed by atoms with Gasteiger partial charge < -0.3 is 5.73 Å². The number of H-pyrrole nitrogens is 1. The van der Waals surface area contributed by atoms with Gasteiger partial charge in [0.1, 0.15) is 5.69 Å². The van der Waals surface area contributed by atoms with Crippen molar-refractivity contribution >= 4 is 5.69 Å². The Morgan fingerprint density at radius 3 is 3.00 bits per heavy atom. The van der Waals surface area contributed by atoms with E-state index in [0.717, 1.165) is 17.5 Å². The first-order valence-electron chi connectivity index (χ1n) is 5.01. The second-order valence-electron chi connectivity index (χ2n) is 3.42. The molecule has 0 saturated carbocycles. The minimum Gasteiger partial charge on any atom is -0.394 e. The first kappa shape index (κ1) is 10.4. The predicted octanol–water partition coefficient (Wildman–Crippen LogP) is 0.976. The van der Waals surface area contributed by atoms with Crippen LogP contribution in [0.15, 0.2) is 29.3 Å². The molecule has 3 N–H and O–H groups in total. The highest BCUT2D eigenvalue weighted by Crippen LogP contribution is 2.20. The molecule has 0 aliphatic carbocycles. The molecule has 5 heteroatoms. The monoisotopic (exact) mass is 216 g/mol. The van der Waals surface area contributed by atoms with Crippen LogP contribution in [0.1, 0.15) is 12.5 Å². The van der Waals surface area contributed by atoms with Crippen LogP contribution >= 0.6 is 0 Å². The summed E-state index contributed by atoms with van der Waals surface area (Å²) in [6, 6.07) is 3.44. The molecule has 2 rings (SSSR count). The largest absolute Gasteiger partial charge is 0.394 e. The zero-order valence-corrected chi connectivity index (χ0v) is 8.90. The molecule has 0 aliphatic rings. The summed E-state index contributed by atoms with van der Waals surface area (Å²) in [5, 5.41) is 6.34. The van der Waals surface area contributed by atoms with Gasteiger partial charge >= 0.3 is 0 Å². The van der Waals surface area contributed by atoms with Gasteiger partial charge in [-0.15, -0.1) is 0 Å². The summed E-state index contributed by atoms with van der Waals surface area (Å²) < 4.78 is 0. The van der Waals surface area contributed by atoms with Crippen LogP contribution in [-0.4, -0.2) is 15.2 Å². The number of nitrogen functional groups attached to an aromatic ring is 1. The van der Waals surface area contributed by atoms with Crippen LogP contribution in [0, 0.1) is 0 Å². The molecular formula is C11H12N4O. The minimum atomic E-state index is -0.365. The fourth-order valence-corrected chi connectivity index (χ4v) is 1.52. The van der Waals surface area contributed by atoms with Crippen molar-refractivity contribution in [3.8, 4) is 11.3 Å². The van der Waals surface area contributed by atoms with E-state index in [2.05, 4.69) is 15.2 Å². The highest BCUT2D eigenvalue weighted by atomic mass is 16.1. The highest BCUT2D eigenvalue weighted by molar-refractivity contribution is 5.65. The van der Waals surface area contributed by atoms with Crippen LogP contribution in [0.2, 0.25) is 0 Å². The van der Waals surface area contributed by atoms with Gasteiger partial charge in [-0.25, -0.2) is 5.10 Å². The van der Waals surface area contributed by atoms with Crippen molar-refractivity contribution < 1.29 is 0 Å². The van der Waals surface area contributed by atoms with Crippen molar-refractivity contribution in [3.05, 3.63) is 40.4 Å². The molecule has 5 nitrogen and oxygen atoms in total. The number of aryl methyl sites for hydroxylation is 1. The second kappa shape index (κ2) is 4.14. The van der Waals surface area contributed by atoms with Crippen molar-refractivity contribution in [3.63, 3.8) is 0 Å². The molecule has 0 aliphatic heterocycles. The Bertz CT molecular complexity index is 562. The fourth-order valence-electron chi connectivity index (χ4n) is 1.52. The number of pyridine rings is 1. The third kappa shape index (κ3) is 1.79. The van der Waals surface area contributed by atoms with Gasteiger partial charge in [-0.3, -0.25) is 9.78 Å². The van der Waals surface area contributed by atoms with E-state index >= 15 is 0 Å². The van der Waals surface area contributed by atoms with E-state index in [1.54, 1.807) is 18.5 Å². The number of nitrogens with one attached hydrogen (secondary N) is 1. The molecule has 2 aromatic rings. The van der Waals surface area contributed by atoms with E-state index in [9.17, 15) is 4.79 Å². The van der Waals surface area contributed by atoms with Crippen LogP contribution in [0.4, 0.5) is 5.69 Å². The minimum absolute atomic E-state index is 0.170. The number of nitrogens with zero attached hydrogens (tertiary/aromatic N) is 2. The van der Waals surface area contributed by atoms with Gasteiger partial charge in [0, 0.05) is 18.0 Å². The smallest absolute Gasteiger partial charge is 0.287 e. The molecule has 0 radical (unpaired) electrons. The van der Waals surface area contributed by atoms with E-state index in [1.807, 2.05) is 13.0 Å². The van der Waals surface area contributed by atoms with Gasteiger partial charge in [0.15, 0.2) is 0 Å². The average molecular weight is 216 g/mol. The third-order valence-electron chi connectivity index (χ3n) is 2.39. The van der Waals surface area contributed by atoms with Crippen molar-refractivity contribution in [2.24, 2.45) is 0 Å². The van der Waals surface area contributed by atoms with Crippen molar-refractivity contribution in [2.45, 2.75) is 13.3 Å². The summed E-state index contributed by atoms with van der Waals surface area (Å²) >= 11 is 0. The number of aromatic amines is 1. The van der Waals surface area contributed by atoms with Gasteiger partial charge in [0.2, 0.25) is 0 Å². The molecule has 0 bridgehead atoms. The van der Waals surface area contributed by atoms with E-state index < -0.39 is 0 Å². The number of aromatic nitrogens is 3. The fraction of sp³-hybridized carbons (Fsp3) is 0.182. The lowest BCUT2D eigenvalue weighted by atomic mass is 10.1. The first-order valence-corrected chi connectivity index (χ1v) is 5.01. The Morgan fingerprint density at radius 2 is 2.31 bits per heavy atom. The van der Waals surface area contributed by atoms with Crippen LogP contribution in [0.3, 0.4) is 0 Å². The normalized spacial score (nSPS) is 10.3. The quantitative estimate of drug-likeness (QED) is 0.783. The Labute approximate surface area is 92.3 Å². The molecule has 2 heterocycles. The van der Waals surface area contributed by atoms with Crippen LogP contribution < -0.4 is 11.3 Å². The Balaban J connectivity index is 2.58. The topological polar surface area (TPSA) is 84.7 Å². The molecule has 0 amide bonds. The average Bonchev–Trinajstić information content (AvgIpc) is 2.32. The first-order chi connectivity index (χ1) is 7.72. The van der Waals surface area contributed by atoms with Gasteiger partial charge in [0.25, 0.3) is 5.56 Å². The molecule has 16 heavy (non-hydrogen) atoms. The molecule has 0 fully saturated rings. The molecular weight excluding hydrogens is 204 g/mol. The Hall–Kier alpha value is -2.17. The lowest BCUT2D eigenvalue weighted by Gasteiger charge is -2.05. The zero-order chi connectivity index (χ0) is 11.5. The molecule has 0 unspecified atom stereocenters. The van der Waals surface area contributed by atoms with Gasteiger partial charge in [-0.05, 0) is 24.1 Å². The molecule has 0 atom stereocenters. The standard InChI is InChI=1S/C11H12N4O/c1-2-7-6-13-4-3-8(7)10-5-9(12)11(16)15-14-10/h3-6H,2H2,1H3,(H2,12,14)(H,15,16). The molecule has 2 aromatic heterocycles. The summed E-state index contributed by atoms with van der Waals surface area (Å²) in [5.74, 6) is 0. The maximum absolute atomic E-state index is 11.1. The van der Waals surface area contributed by atoms with Gasteiger partial charge in [0.05, 0.1) is 5.69 Å². The summed E-state index contributed by atoms with van der Waals surface area (Å²) in [4.78, 5) is 15.2. The number of hydrogen-bond donors (Lipinski definition) is 2. The Morgan fingerprint density at radius 1 is 1.50 bits per heavy atom. The van der Waals surface area contributed by atoms with Gasteiger partial charge in [-0.2, -0.15) is 5.10 Å². The summed E-state index contributed by atoms with van der Waals surface area (Å²) in [6.07, 6.45) is 4.33. The van der Waals surface area contributed by atoms with Crippen LogP contribution in [0.25, 0.3) is 11.3 Å². The molecule has 0 saturated heterocycles. The third-order valence-corrected chi connectivity index (χ3v) is 2.39. The summed E-state index contributed by atoms with van der Waals surface area (Å²) in [6.45, 7) is 2.04. The highest BCUT2D eigenvalue weighted by Gasteiger charge is 2.06. The number of anilines is 1. The number of rotatable bonds is 2. The predicted molar refractivity (Wildman–Crippen MR) is 61.9 cm³/mol. The SMILES string of the molecule is CCc1cnccc1-c1cc(N)c(=O)[nH]n1. The van der Waals surface area contributed by atoms with E-state index in [4.69, 9.17) is 5.73 Å². The number of nitrogens with two attached hydrogens (primary N) is 1. The van der Waals surface area contributed by atoms with Crippen molar-refractivity contribution in [1.29, 1.82) is 0 Å². The molecule has 0 spiro atoms. The Kier molecular flexibility index (Phi) is 2.68. The van der Waals surface area contributed by atoms with Crippen LogP contribution in [-0.2, 0) is 6.42 Å². The van der Waals surface area contributed by atoms with E-state index in [-0.39, 0.29) is 11.2 Å². The maximum atomic E-state index is 11.1. The van der Waals surface area contributed by atoms with Crippen molar-refractivity contribution in [2.75, 3.05) is 5.73 Å². The van der Waals surface area contributed by atoms with Crippen molar-refractivity contribution in [1.82, 2.24) is 15.2 Å². The zero-order valence-electron chi connectivity index (χ0n) is 8.90. The second-order valence-corrected chi connectivity index (χ2v) is 3.42. The maximum Gasteiger partial charge on any atom is 0.287 e.